The molecular weight excluding hydrogens is 305 g/mol. The standard InChI is InChI=1S/C12H11Cl2N3OS/c1-6-16-4-8(19-6)5-17-12(18)9-2-7(15)3-10(13)11(9)14/h2-4H,5,15H2,1H3,(H,17,18). The Balaban J connectivity index is 2.12. The molecule has 0 atom stereocenters. The van der Waals surface area contributed by atoms with Crippen LogP contribution in [0.5, 0.6) is 0 Å². The quantitative estimate of drug-likeness (QED) is 0.854. The number of carbonyl (C=O) groups excluding carboxylic acids is 1. The summed E-state index contributed by atoms with van der Waals surface area (Å²) in [5.41, 5.74) is 6.31. The molecule has 3 N–H and O–H groups in total. The topological polar surface area (TPSA) is 68.0 Å². The molecule has 2 rings (SSSR count). The van der Waals surface area contributed by atoms with E-state index in [9.17, 15) is 4.79 Å². The number of aryl methyl sites for hydroxylation is 1. The van der Waals surface area contributed by atoms with Crippen LogP contribution >= 0.6 is 34.5 Å². The number of amides is 1. The molecule has 0 spiro atoms. The number of rotatable bonds is 3. The molecule has 2 aromatic rings. The van der Waals surface area contributed by atoms with Gasteiger partial charge in [-0.1, -0.05) is 23.2 Å². The summed E-state index contributed by atoms with van der Waals surface area (Å²) in [7, 11) is 0. The zero-order valence-corrected chi connectivity index (χ0v) is 12.4. The van der Waals surface area contributed by atoms with Crippen molar-refractivity contribution in [2.24, 2.45) is 0 Å². The lowest BCUT2D eigenvalue weighted by molar-refractivity contribution is 0.0951. The normalized spacial score (nSPS) is 10.5. The van der Waals surface area contributed by atoms with Crippen LogP contribution in [0.3, 0.4) is 0 Å². The van der Waals surface area contributed by atoms with E-state index in [0.29, 0.717) is 12.2 Å². The van der Waals surface area contributed by atoms with Gasteiger partial charge in [0.2, 0.25) is 0 Å². The Hall–Kier alpha value is -1.30. The Labute approximate surface area is 124 Å². The van der Waals surface area contributed by atoms with Gasteiger partial charge in [0, 0.05) is 16.8 Å². The first kappa shape index (κ1) is 14.1. The predicted molar refractivity (Wildman–Crippen MR) is 78.9 cm³/mol. The zero-order valence-electron chi connectivity index (χ0n) is 10.0. The summed E-state index contributed by atoms with van der Waals surface area (Å²) in [4.78, 5) is 17.1. The molecule has 0 aliphatic rings. The van der Waals surface area contributed by atoms with Gasteiger partial charge in [-0.25, -0.2) is 4.98 Å². The van der Waals surface area contributed by atoms with Gasteiger partial charge in [-0.3, -0.25) is 4.79 Å². The van der Waals surface area contributed by atoms with Crippen LogP contribution in [0.25, 0.3) is 0 Å². The highest BCUT2D eigenvalue weighted by Crippen LogP contribution is 2.28. The monoisotopic (exact) mass is 315 g/mol. The number of nitrogen functional groups attached to an aromatic ring is 1. The molecule has 0 aliphatic carbocycles. The van der Waals surface area contributed by atoms with E-state index in [1.165, 1.54) is 23.5 Å². The van der Waals surface area contributed by atoms with Gasteiger partial charge in [-0.05, 0) is 19.1 Å². The van der Waals surface area contributed by atoms with Crippen LogP contribution in [0, 0.1) is 6.92 Å². The van der Waals surface area contributed by atoms with E-state index in [2.05, 4.69) is 10.3 Å². The molecule has 7 heteroatoms. The van der Waals surface area contributed by atoms with Gasteiger partial charge in [-0.2, -0.15) is 0 Å². The summed E-state index contributed by atoms with van der Waals surface area (Å²) in [6.45, 7) is 2.30. The smallest absolute Gasteiger partial charge is 0.253 e. The van der Waals surface area contributed by atoms with Crippen molar-refractivity contribution in [3.63, 3.8) is 0 Å². The number of nitrogens with zero attached hydrogens (tertiary/aromatic N) is 1. The first-order valence-corrected chi connectivity index (χ1v) is 6.98. The number of hydrogen-bond donors (Lipinski definition) is 2. The van der Waals surface area contributed by atoms with Crippen molar-refractivity contribution in [1.29, 1.82) is 0 Å². The Morgan fingerprint density at radius 1 is 1.47 bits per heavy atom. The first-order chi connectivity index (χ1) is 8.97. The summed E-state index contributed by atoms with van der Waals surface area (Å²) in [5, 5.41) is 4.18. The highest BCUT2D eigenvalue weighted by Gasteiger charge is 2.14. The average Bonchev–Trinajstić information content (AvgIpc) is 2.76. The summed E-state index contributed by atoms with van der Waals surface area (Å²) in [5.74, 6) is -0.315. The van der Waals surface area contributed by atoms with Crippen LogP contribution in [-0.4, -0.2) is 10.9 Å². The molecule has 4 nitrogen and oxygen atoms in total. The van der Waals surface area contributed by atoms with E-state index >= 15 is 0 Å². The van der Waals surface area contributed by atoms with Crippen molar-refractivity contribution < 1.29 is 4.79 Å². The lowest BCUT2D eigenvalue weighted by atomic mass is 10.2. The minimum atomic E-state index is -0.315. The third kappa shape index (κ3) is 3.37. The largest absolute Gasteiger partial charge is 0.399 e. The lowest BCUT2D eigenvalue weighted by Crippen LogP contribution is -2.22. The second-order valence-corrected chi connectivity index (χ2v) is 6.00. The number of nitrogens with one attached hydrogen (secondary N) is 1. The summed E-state index contributed by atoms with van der Waals surface area (Å²) in [6, 6.07) is 3.01. The minimum Gasteiger partial charge on any atom is -0.399 e. The fourth-order valence-corrected chi connectivity index (χ4v) is 2.68. The SMILES string of the molecule is Cc1ncc(CNC(=O)c2cc(N)cc(Cl)c2Cl)s1. The molecule has 0 saturated heterocycles. The van der Waals surface area contributed by atoms with Crippen molar-refractivity contribution in [2.75, 3.05) is 5.73 Å². The molecule has 100 valence electrons. The third-order valence-electron chi connectivity index (χ3n) is 2.39. The molecular formula is C12H11Cl2N3OS. The Morgan fingerprint density at radius 3 is 2.84 bits per heavy atom. The summed E-state index contributed by atoms with van der Waals surface area (Å²) in [6.07, 6.45) is 1.73. The van der Waals surface area contributed by atoms with Crippen LogP contribution in [0.4, 0.5) is 5.69 Å². The van der Waals surface area contributed by atoms with Crippen molar-refractivity contribution in [3.8, 4) is 0 Å². The maximum absolute atomic E-state index is 12.0. The van der Waals surface area contributed by atoms with Gasteiger partial charge < -0.3 is 11.1 Å². The second kappa shape index (κ2) is 5.77. The van der Waals surface area contributed by atoms with Crippen LogP contribution in [0.2, 0.25) is 10.0 Å². The maximum atomic E-state index is 12.0. The van der Waals surface area contributed by atoms with Crippen molar-refractivity contribution in [2.45, 2.75) is 13.5 Å². The number of benzene rings is 1. The van der Waals surface area contributed by atoms with E-state index in [4.69, 9.17) is 28.9 Å². The first-order valence-electron chi connectivity index (χ1n) is 5.41. The number of carbonyl (C=O) groups is 1. The Bertz CT molecular complexity index is 627. The number of nitrogens with two attached hydrogens (primary N) is 1. The number of anilines is 1. The third-order valence-corrected chi connectivity index (χ3v) is 4.10. The summed E-state index contributed by atoms with van der Waals surface area (Å²) >= 11 is 13.4. The fourth-order valence-electron chi connectivity index (χ4n) is 1.52. The number of thiazole rings is 1. The van der Waals surface area contributed by atoms with E-state index in [-0.39, 0.29) is 21.5 Å². The van der Waals surface area contributed by atoms with Crippen molar-refractivity contribution >= 4 is 46.1 Å². The number of aromatic nitrogens is 1. The van der Waals surface area contributed by atoms with Gasteiger partial charge in [0.25, 0.3) is 5.91 Å². The lowest BCUT2D eigenvalue weighted by Gasteiger charge is -2.08. The molecule has 0 bridgehead atoms. The van der Waals surface area contributed by atoms with Gasteiger partial charge in [0.1, 0.15) is 0 Å². The maximum Gasteiger partial charge on any atom is 0.253 e. The van der Waals surface area contributed by atoms with E-state index in [0.717, 1.165) is 9.88 Å². The predicted octanol–water partition coefficient (Wildman–Crippen LogP) is 3.27. The Kier molecular flexibility index (Phi) is 4.29. The minimum absolute atomic E-state index is 0.203. The van der Waals surface area contributed by atoms with Crippen LogP contribution in [0.15, 0.2) is 18.3 Å². The molecule has 0 unspecified atom stereocenters. The molecule has 0 radical (unpaired) electrons. The van der Waals surface area contributed by atoms with Gasteiger partial charge in [0.15, 0.2) is 0 Å². The second-order valence-electron chi connectivity index (χ2n) is 3.89. The number of hydrogen-bond acceptors (Lipinski definition) is 4. The molecule has 1 amide bonds. The Morgan fingerprint density at radius 2 is 2.21 bits per heavy atom. The van der Waals surface area contributed by atoms with E-state index < -0.39 is 0 Å². The van der Waals surface area contributed by atoms with Crippen LogP contribution in [0.1, 0.15) is 20.2 Å². The zero-order chi connectivity index (χ0) is 14.0. The fraction of sp³-hybridized carbons (Fsp3) is 0.167. The van der Waals surface area contributed by atoms with Gasteiger partial charge in [0.05, 0.1) is 27.2 Å². The van der Waals surface area contributed by atoms with E-state index in [1.54, 1.807) is 6.20 Å². The highest BCUT2D eigenvalue weighted by molar-refractivity contribution is 7.11. The number of halogens is 2. The average molecular weight is 316 g/mol. The molecule has 19 heavy (non-hydrogen) atoms. The van der Waals surface area contributed by atoms with Gasteiger partial charge >= 0.3 is 0 Å². The highest BCUT2D eigenvalue weighted by atomic mass is 35.5. The molecule has 1 aromatic carbocycles. The van der Waals surface area contributed by atoms with Gasteiger partial charge in [-0.15, -0.1) is 11.3 Å². The van der Waals surface area contributed by atoms with Crippen molar-refractivity contribution in [3.05, 3.63) is 43.8 Å². The molecule has 1 aromatic heterocycles. The van der Waals surface area contributed by atoms with Crippen molar-refractivity contribution in [1.82, 2.24) is 10.3 Å². The molecule has 1 heterocycles. The molecule has 0 saturated carbocycles. The van der Waals surface area contributed by atoms with Crippen LogP contribution < -0.4 is 11.1 Å². The van der Waals surface area contributed by atoms with E-state index in [1.807, 2.05) is 6.92 Å². The molecule has 0 fully saturated rings. The molecule has 0 aliphatic heterocycles. The summed E-state index contributed by atoms with van der Waals surface area (Å²) < 4.78 is 0. The van der Waals surface area contributed by atoms with Crippen LogP contribution in [-0.2, 0) is 6.54 Å².